The Balaban J connectivity index is 1.73. The highest BCUT2D eigenvalue weighted by Gasteiger charge is 2.49. The van der Waals surface area contributed by atoms with Gasteiger partial charge in [-0.1, -0.05) is 50.9 Å². The number of hydrogen-bond donors (Lipinski definition) is 1. The normalized spacial score (nSPS) is 28.2. The molecule has 1 aromatic carbocycles. The quantitative estimate of drug-likeness (QED) is 0.816. The Labute approximate surface area is 161 Å². The smallest absolute Gasteiger partial charge is 0.243 e. The molecule has 1 aromatic rings. The molecule has 1 heterocycles. The number of nitrogens with zero attached hydrogens (tertiary/aromatic N) is 1. The molecule has 1 aliphatic carbocycles. The van der Waals surface area contributed by atoms with Crippen molar-refractivity contribution in [2.24, 2.45) is 11.8 Å². The zero-order valence-corrected chi connectivity index (χ0v) is 16.6. The highest BCUT2D eigenvalue weighted by Crippen LogP contribution is 2.49. The van der Waals surface area contributed by atoms with E-state index in [0.29, 0.717) is 17.5 Å². The standard InChI is InChI=1S/C21H29ClN2O2/c1-4-5-16-12-24(19(10-13(2)3)20(25)23-16)21(26)18-11-17(18)14-6-8-15(22)9-7-14/h6-9,13,16-19H,4-5,10-12H2,1-3H3,(H,23,25)/t16-,17-,18+,19-/m0/s1. The summed E-state index contributed by atoms with van der Waals surface area (Å²) in [6.45, 7) is 6.94. The molecule has 0 bridgehead atoms. The molecule has 1 N–H and O–H groups in total. The summed E-state index contributed by atoms with van der Waals surface area (Å²) in [7, 11) is 0. The van der Waals surface area contributed by atoms with Gasteiger partial charge in [0.25, 0.3) is 0 Å². The highest BCUT2D eigenvalue weighted by atomic mass is 35.5. The molecule has 1 saturated carbocycles. The van der Waals surface area contributed by atoms with Gasteiger partial charge in [0.15, 0.2) is 0 Å². The molecule has 2 aliphatic rings. The maximum Gasteiger partial charge on any atom is 0.243 e. The van der Waals surface area contributed by atoms with Crippen LogP contribution in [0.5, 0.6) is 0 Å². The summed E-state index contributed by atoms with van der Waals surface area (Å²) < 4.78 is 0. The lowest BCUT2D eigenvalue weighted by molar-refractivity contribution is -0.146. The van der Waals surface area contributed by atoms with Gasteiger partial charge in [-0.3, -0.25) is 9.59 Å². The first kappa shape index (κ1) is 19.2. The van der Waals surface area contributed by atoms with E-state index in [1.807, 2.05) is 29.2 Å². The molecule has 0 spiro atoms. The number of hydrogen-bond acceptors (Lipinski definition) is 2. The number of piperazine rings is 1. The van der Waals surface area contributed by atoms with Crippen molar-refractivity contribution in [3.63, 3.8) is 0 Å². The first-order chi connectivity index (χ1) is 12.4. The van der Waals surface area contributed by atoms with Crippen LogP contribution in [0.1, 0.15) is 57.9 Å². The molecular formula is C21H29ClN2O2. The third-order valence-electron chi connectivity index (χ3n) is 5.46. The SMILES string of the molecule is CCC[C@H]1CN(C(=O)[C@@H]2C[C@H]2c2ccc(Cl)cc2)[C@@H](CC(C)C)C(=O)N1. The number of halogens is 1. The van der Waals surface area contributed by atoms with Gasteiger partial charge in [-0.2, -0.15) is 0 Å². The maximum atomic E-state index is 13.2. The van der Waals surface area contributed by atoms with Crippen LogP contribution >= 0.6 is 11.6 Å². The Morgan fingerprint density at radius 2 is 2.00 bits per heavy atom. The van der Waals surface area contributed by atoms with Gasteiger partial charge >= 0.3 is 0 Å². The average molecular weight is 377 g/mol. The monoisotopic (exact) mass is 376 g/mol. The van der Waals surface area contributed by atoms with Crippen LogP contribution in [0.2, 0.25) is 5.02 Å². The van der Waals surface area contributed by atoms with Gasteiger partial charge < -0.3 is 10.2 Å². The minimum Gasteiger partial charge on any atom is -0.350 e. The second-order valence-electron chi connectivity index (χ2n) is 8.13. The lowest BCUT2D eigenvalue weighted by atomic mass is 9.96. The molecule has 4 nitrogen and oxygen atoms in total. The zero-order chi connectivity index (χ0) is 18.8. The van der Waals surface area contributed by atoms with E-state index in [4.69, 9.17) is 11.6 Å². The van der Waals surface area contributed by atoms with Crippen molar-refractivity contribution in [1.82, 2.24) is 10.2 Å². The summed E-state index contributed by atoms with van der Waals surface area (Å²) in [5.41, 5.74) is 1.17. The van der Waals surface area contributed by atoms with Gasteiger partial charge in [-0.05, 0) is 48.8 Å². The molecule has 1 saturated heterocycles. The molecular weight excluding hydrogens is 348 g/mol. The molecule has 0 aromatic heterocycles. The van der Waals surface area contributed by atoms with Crippen LogP contribution < -0.4 is 5.32 Å². The summed E-state index contributed by atoms with van der Waals surface area (Å²) in [6.07, 6.45) is 3.49. The Hall–Kier alpha value is -1.55. The largest absolute Gasteiger partial charge is 0.350 e. The third kappa shape index (κ3) is 4.22. The van der Waals surface area contributed by atoms with E-state index in [0.717, 1.165) is 25.7 Å². The summed E-state index contributed by atoms with van der Waals surface area (Å²) >= 11 is 5.97. The minimum atomic E-state index is -0.331. The fraction of sp³-hybridized carbons (Fsp3) is 0.619. The molecule has 4 atom stereocenters. The Bertz CT molecular complexity index is 658. The number of benzene rings is 1. The van der Waals surface area contributed by atoms with Crippen molar-refractivity contribution in [1.29, 1.82) is 0 Å². The zero-order valence-electron chi connectivity index (χ0n) is 15.9. The van der Waals surface area contributed by atoms with E-state index in [1.54, 1.807) is 0 Å². The molecule has 1 aliphatic heterocycles. The van der Waals surface area contributed by atoms with E-state index in [9.17, 15) is 9.59 Å². The molecule has 5 heteroatoms. The van der Waals surface area contributed by atoms with Gasteiger partial charge in [0, 0.05) is 23.5 Å². The van der Waals surface area contributed by atoms with E-state index in [-0.39, 0.29) is 35.7 Å². The lowest BCUT2D eigenvalue weighted by Crippen LogP contribution is -2.62. The van der Waals surface area contributed by atoms with Gasteiger partial charge in [0.2, 0.25) is 11.8 Å². The van der Waals surface area contributed by atoms with Crippen molar-refractivity contribution in [3.05, 3.63) is 34.9 Å². The molecule has 2 fully saturated rings. The van der Waals surface area contributed by atoms with Crippen molar-refractivity contribution < 1.29 is 9.59 Å². The van der Waals surface area contributed by atoms with Crippen molar-refractivity contribution in [3.8, 4) is 0 Å². The number of nitrogens with one attached hydrogen (secondary N) is 1. The van der Waals surface area contributed by atoms with Crippen LogP contribution in [0.4, 0.5) is 0 Å². The first-order valence-electron chi connectivity index (χ1n) is 9.77. The molecule has 0 unspecified atom stereocenters. The van der Waals surface area contributed by atoms with Crippen LogP contribution in [0.3, 0.4) is 0 Å². The molecule has 142 valence electrons. The van der Waals surface area contributed by atoms with Gasteiger partial charge in [0.1, 0.15) is 6.04 Å². The van der Waals surface area contributed by atoms with E-state index >= 15 is 0 Å². The van der Waals surface area contributed by atoms with Crippen molar-refractivity contribution in [2.75, 3.05) is 6.54 Å². The van der Waals surface area contributed by atoms with Crippen LogP contribution in [0.15, 0.2) is 24.3 Å². The topological polar surface area (TPSA) is 49.4 Å². The van der Waals surface area contributed by atoms with E-state index < -0.39 is 0 Å². The van der Waals surface area contributed by atoms with Gasteiger partial charge in [-0.25, -0.2) is 0 Å². The fourth-order valence-corrected chi connectivity index (χ4v) is 4.17. The maximum absolute atomic E-state index is 13.2. The van der Waals surface area contributed by atoms with Crippen LogP contribution in [0, 0.1) is 11.8 Å². The van der Waals surface area contributed by atoms with Crippen molar-refractivity contribution >= 4 is 23.4 Å². The average Bonchev–Trinajstić information content (AvgIpc) is 3.38. The summed E-state index contributed by atoms with van der Waals surface area (Å²) in [6, 6.07) is 7.52. The number of carbonyl (C=O) groups excluding carboxylic acids is 2. The summed E-state index contributed by atoms with van der Waals surface area (Å²) in [5.74, 6) is 0.787. The highest BCUT2D eigenvalue weighted by molar-refractivity contribution is 6.30. The molecule has 0 radical (unpaired) electrons. The predicted molar refractivity (Wildman–Crippen MR) is 104 cm³/mol. The second kappa shape index (κ2) is 7.99. The van der Waals surface area contributed by atoms with Crippen LogP contribution in [-0.4, -0.2) is 35.3 Å². The van der Waals surface area contributed by atoms with Gasteiger partial charge in [0.05, 0.1) is 0 Å². The van der Waals surface area contributed by atoms with Gasteiger partial charge in [-0.15, -0.1) is 0 Å². The molecule has 2 amide bonds. The summed E-state index contributed by atoms with van der Waals surface area (Å²) in [5, 5.41) is 3.83. The number of amides is 2. The Kier molecular flexibility index (Phi) is 5.91. The lowest BCUT2D eigenvalue weighted by Gasteiger charge is -2.40. The van der Waals surface area contributed by atoms with E-state index in [2.05, 4.69) is 26.1 Å². The van der Waals surface area contributed by atoms with Crippen molar-refractivity contribution in [2.45, 2.75) is 64.5 Å². The fourth-order valence-electron chi connectivity index (χ4n) is 4.04. The van der Waals surface area contributed by atoms with E-state index in [1.165, 1.54) is 5.56 Å². The Morgan fingerprint density at radius 3 is 2.62 bits per heavy atom. The summed E-state index contributed by atoms with van der Waals surface area (Å²) in [4.78, 5) is 27.7. The molecule has 26 heavy (non-hydrogen) atoms. The number of rotatable bonds is 6. The van der Waals surface area contributed by atoms with Crippen LogP contribution in [-0.2, 0) is 9.59 Å². The number of carbonyl (C=O) groups is 2. The molecule has 3 rings (SSSR count). The van der Waals surface area contributed by atoms with Crippen LogP contribution in [0.25, 0.3) is 0 Å². The first-order valence-corrected chi connectivity index (χ1v) is 10.1. The predicted octanol–water partition coefficient (Wildman–Crippen LogP) is 3.99. The Morgan fingerprint density at radius 1 is 1.31 bits per heavy atom. The third-order valence-corrected chi connectivity index (χ3v) is 5.71. The minimum absolute atomic E-state index is 0.000913. The second-order valence-corrected chi connectivity index (χ2v) is 8.57.